The van der Waals surface area contributed by atoms with Crippen LogP contribution in [0.3, 0.4) is 0 Å². The molecular weight excluding hydrogens is 302 g/mol. The molecule has 10 nitrogen and oxygen atoms in total. The van der Waals surface area contributed by atoms with E-state index in [1.54, 1.807) is 0 Å². The van der Waals surface area contributed by atoms with Crippen LogP contribution < -0.4 is 4.72 Å². The van der Waals surface area contributed by atoms with Crippen molar-refractivity contribution in [3.63, 3.8) is 0 Å². The minimum absolute atomic E-state index is 0.135. The number of hydrogen-bond acceptors (Lipinski definition) is 7. The highest BCUT2D eigenvalue weighted by molar-refractivity contribution is 7.89. The number of aromatic hydroxyl groups is 1. The Kier molecular flexibility index (Phi) is 3.86. The molecule has 0 saturated heterocycles. The average molecular weight is 313 g/mol. The number of carboxylic acids is 1. The number of hydrogen-bond donors (Lipinski definition) is 4. The summed E-state index contributed by atoms with van der Waals surface area (Å²) in [6, 6.07) is 2.18. The van der Waals surface area contributed by atoms with E-state index >= 15 is 0 Å². The molecule has 21 heavy (non-hydrogen) atoms. The maximum atomic E-state index is 12.2. The molecule has 0 bridgehead atoms. The summed E-state index contributed by atoms with van der Waals surface area (Å²) in [6.07, 6.45) is 0. The predicted octanol–water partition coefficient (Wildman–Crippen LogP) is -0.357. The van der Waals surface area contributed by atoms with Gasteiger partial charge >= 0.3 is 5.97 Å². The van der Waals surface area contributed by atoms with Gasteiger partial charge in [-0.3, -0.25) is 0 Å². The van der Waals surface area contributed by atoms with E-state index in [1.165, 1.54) is 6.92 Å². The van der Waals surface area contributed by atoms with Crippen molar-refractivity contribution >= 4 is 16.0 Å². The van der Waals surface area contributed by atoms with Gasteiger partial charge in [0.1, 0.15) is 11.3 Å². The van der Waals surface area contributed by atoms with Crippen LogP contribution in [0, 0.1) is 0 Å². The minimum Gasteiger partial charge on any atom is -0.507 e. The van der Waals surface area contributed by atoms with E-state index in [9.17, 15) is 18.3 Å². The first-order valence-electron chi connectivity index (χ1n) is 5.63. The van der Waals surface area contributed by atoms with Gasteiger partial charge in [-0.05, 0) is 25.1 Å². The number of benzene rings is 1. The van der Waals surface area contributed by atoms with Gasteiger partial charge in [-0.25, -0.2) is 17.9 Å². The number of carboxylic acid groups (broad SMARTS) is 1. The average Bonchev–Trinajstić information content (AvgIpc) is 2.92. The lowest BCUT2D eigenvalue weighted by Crippen LogP contribution is -2.27. The van der Waals surface area contributed by atoms with Crippen molar-refractivity contribution in [3.8, 4) is 5.75 Å². The second kappa shape index (κ2) is 5.46. The number of H-pyrrole nitrogens is 1. The molecule has 0 saturated carbocycles. The number of tetrazole rings is 1. The summed E-state index contributed by atoms with van der Waals surface area (Å²) < 4.78 is 26.6. The Hall–Kier alpha value is -2.53. The third-order valence-corrected chi connectivity index (χ3v) is 4.13. The van der Waals surface area contributed by atoms with E-state index in [1.807, 2.05) is 0 Å². The van der Waals surface area contributed by atoms with Crippen LogP contribution >= 0.6 is 0 Å². The third kappa shape index (κ3) is 3.14. The molecule has 1 unspecified atom stereocenters. The van der Waals surface area contributed by atoms with E-state index in [2.05, 4.69) is 25.3 Å². The van der Waals surface area contributed by atoms with Crippen LogP contribution in [0.25, 0.3) is 0 Å². The Morgan fingerprint density at radius 2 is 2.14 bits per heavy atom. The number of aromatic carboxylic acids is 1. The molecule has 0 aliphatic rings. The Labute approximate surface area is 118 Å². The van der Waals surface area contributed by atoms with Gasteiger partial charge in [0.05, 0.1) is 10.9 Å². The summed E-state index contributed by atoms with van der Waals surface area (Å²) in [7, 11) is -4.00. The Morgan fingerprint density at radius 1 is 1.43 bits per heavy atom. The van der Waals surface area contributed by atoms with Gasteiger partial charge in [-0.2, -0.15) is 5.21 Å². The lowest BCUT2D eigenvalue weighted by Gasteiger charge is -2.11. The topological polar surface area (TPSA) is 158 Å². The SMILES string of the molecule is CC(NS(=O)(=O)c1ccc(O)c(C(=O)O)c1)c1nn[nH]n1. The van der Waals surface area contributed by atoms with E-state index in [-0.39, 0.29) is 10.7 Å². The summed E-state index contributed by atoms with van der Waals surface area (Å²) in [5.74, 6) is -1.82. The number of aromatic nitrogens is 4. The molecule has 0 spiro atoms. The Balaban J connectivity index is 2.32. The zero-order valence-corrected chi connectivity index (χ0v) is 11.5. The summed E-state index contributed by atoms with van der Waals surface area (Å²) in [4.78, 5) is 10.6. The number of nitrogens with zero attached hydrogens (tertiary/aromatic N) is 3. The lowest BCUT2D eigenvalue weighted by atomic mass is 10.2. The van der Waals surface area contributed by atoms with Gasteiger partial charge in [0.25, 0.3) is 0 Å². The molecule has 0 fully saturated rings. The van der Waals surface area contributed by atoms with Crippen molar-refractivity contribution in [3.05, 3.63) is 29.6 Å². The van der Waals surface area contributed by atoms with Gasteiger partial charge in [0, 0.05) is 0 Å². The van der Waals surface area contributed by atoms with Crippen molar-refractivity contribution in [2.24, 2.45) is 0 Å². The lowest BCUT2D eigenvalue weighted by molar-refractivity contribution is 0.0693. The van der Waals surface area contributed by atoms with Gasteiger partial charge < -0.3 is 10.2 Å². The summed E-state index contributed by atoms with van der Waals surface area (Å²) in [5.41, 5.74) is -0.509. The second-order valence-electron chi connectivity index (χ2n) is 4.10. The minimum atomic E-state index is -4.00. The molecular formula is C10H11N5O5S. The van der Waals surface area contributed by atoms with Crippen LogP contribution in [0.4, 0.5) is 0 Å². The molecule has 1 heterocycles. The predicted molar refractivity (Wildman–Crippen MR) is 68.0 cm³/mol. The highest BCUT2D eigenvalue weighted by Gasteiger charge is 2.23. The first-order chi connectivity index (χ1) is 9.81. The Morgan fingerprint density at radius 3 is 2.71 bits per heavy atom. The van der Waals surface area contributed by atoms with Crippen molar-refractivity contribution in [2.75, 3.05) is 0 Å². The smallest absolute Gasteiger partial charge is 0.339 e. The summed E-state index contributed by atoms with van der Waals surface area (Å²) >= 11 is 0. The first-order valence-corrected chi connectivity index (χ1v) is 7.11. The molecule has 112 valence electrons. The zero-order chi connectivity index (χ0) is 15.6. The molecule has 11 heteroatoms. The van der Waals surface area contributed by atoms with Gasteiger partial charge in [-0.15, -0.1) is 10.2 Å². The molecule has 0 aliphatic carbocycles. The molecule has 0 radical (unpaired) electrons. The van der Waals surface area contributed by atoms with Gasteiger partial charge in [-0.1, -0.05) is 5.21 Å². The third-order valence-electron chi connectivity index (χ3n) is 2.59. The second-order valence-corrected chi connectivity index (χ2v) is 5.81. The molecule has 1 atom stereocenters. The highest BCUT2D eigenvalue weighted by atomic mass is 32.2. The van der Waals surface area contributed by atoms with Crippen LogP contribution in [0.15, 0.2) is 23.1 Å². The fraction of sp³-hybridized carbons (Fsp3) is 0.200. The van der Waals surface area contributed by atoms with Crippen LogP contribution in [0.5, 0.6) is 5.75 Å². The highest BCUT2D eigenvalue weighted by Crippen LogP contribution is 2.22. The summed E-state index contributed by atoms with van der Waals surface area (Å²) in [6.45, 7) is 1.50. The number of nitrogens with one attached hydrogen (secondary N) is 2. The van der Waals surface area contributed by atoms with E-state index in [0.717, 1.165) is 18.2 Å². The number of rotatable bonds is 5. The van der Waals surface area contributed by atoms with E-state index in [4.69, 9.17) is 5.11 Å². The van der Waals surface area contributed by atoms with E-state index in [0.29, 0.717) is 0 Å². The van der Waals surface area contributed by atoms with Crippen molar-refractivity contribution in [1.82, 2.24) is 25.3 Å². The normalized spacial score (nSPS) is 13.0. The number of phenols is 1. The molecule has 0 amide bonds. The standard InChI is InChI=1S/C10H11N5O5S/c1-5(9-11-14-15-12-9)13-21(19,20)6-2-3-8(16)7(4-6)10(17)18/h2-5,13,16H,1H3,(H,17,18)(H,11,12,14,15). The van der Waals surface area contributed by atoms with Crippen molar-refractivity contribution in [1.29, 1.82) is 0 Å². The fourth-order valence-corrected chi connectivity index (χ4v) is 2.79. The molecule has 1 aromatic carbocycles. The van der Waals surface area contributed by atoms with Crippen LogP contribution in [-0.2, 0) is 10.0 Å². The monoisotopic (exact) mass is 313 g/mol. The van der Waals surface area contributed by atoms with E-state index < -0.39 is 33.3 Å². The molecule has 0 aliphatic heterocycles. The van der Waals surface area contributed by atoms with Crippen molar-refractivity contribution < 1.29 is 23.4 Å². The quantitative estimate of drug-likeness (QED) is 0.582. The molecule has 2 aromatic rings. The summed E-state index contributed by atoms with van der Waals surface area (Å²) in [5, 5.41) is 31.1. The molecule has 4 N–H and O–H groups in total. The van der Waals surface area contributed by atoms with Crippen molar-refractivity contribution in [2.45, 2.75) is 17.9 Å². The zero-order valence-electron chi connectivity index (χ0n) is 10.7. The maximum Gasteiger partial charge on any atom is 0.339 e. The van der Waals surface area contributed by atoms with Gasteiger partial charge in [0.15, 0.2) is 5.82 Å². The first kappa shape index (κ1) is 14.9. The van der Waals surface area contributed by atoms with Crippen LogP contribution in [0.2, 0.25) is 0 Å². The molecule has 2 rings (SSSR count). The van der Waals surface area contributed by atoms with Crippen LogP contribution in [0.1, 0.15) is 29.1 Å². The van der Waals surface area contributed by atoms with Gasteiger partial charge in [0.2, 0.25) is 10.0 Å². The van der Waals surface area contributed by atoms with Crippen LogP contribution in [-0.4, -0.2) is 45.2 Å². The number of carbonyl (C=O) groups is 1. The fourth-order valence-electron chi connectivity index (χ4n) is 1.56. The largest absolute Gasteiger partial charge is 0.507 e. The number of sulfonamides is 1. The maximum absolute atomic E-state index is 12.2. The Bertz CT molecular complexity index is 758. The number of aromatic amines is 1. The molecule has 1 aromatic heterocycles.